The molecule has 0 saturated carbocycles. The molecule has 0 aliphatic heterocycles. The van der Waals surface area contributed by atoms with Gasteiger partial charge < -0.3 is 14.5 Å². The van der Waals surface area contributed by atoms with E-state index in [2.05, 4.69) is 15.5 Å². The largest absolute Gasteiger partial charge is 0.449 e. The van der Waals surface area contributed by atoms with Gasteiger partial charge in [0.15, 0.2) is 6.10 Å². The maximum Gasteiger partial charge on any atom is 0.338 e. The van der Waals surface area contributed by atoms with Crippen molar-refractivity contribution in [1.82, 2.24) is 15.5 Å². The monoisotopic (exact) mass is 365 g/mol. The molecular formula is C20H19N3O4. The van der Waals surface area contributed by atoms with Crippen molar-refractivity contribution in [3.63, 3.8) is 0 Å². The SMILES string of the molecule is Cc1ccc(CNC(=O)[C@H](C)OC(=O)c2ccc(-c3nnco3)cc2)cc1. The Morgan fingerprint density at radius 1 is 1.11 bits per heavy atom. The summed E-state index contributed by atoms with van der Waals surface area (Å²) in [4.78, 5) is 24.4. The van der Waals surface area contributed by atoms with Crippen molar-refractivity contribution < 1.29 is 18.7 Å². The average Bonchev–Trinajstić information content (AvgIpc) is 3.22. The minimum Gasteiger partial charge on any atom is -0.449 e. The second-order valence-corrected chi connectivity index (χ2v) is 6.07. The van der Waals surface area contributed by atoms with Gasteiger partial charge in [0.2, 0.25) is 12.3 Å². The fourth-order valence-electron chi connectivity index (χ4n) is 2.37. The first-order chi connectivity index (χ1) is 13.0. The van der Waals surface area contributed by atoms with Crippen molar-refractivity contribution in [3.05, 3.63) is 71.6 Å². The Kier molecular flexibility index (Phi) is 5.61. The molecule has 3 rings (SSSR count). The molecule has 3 aromatic rings. The maximum atomic E-state index is 12.2. The molecular weight excluding hydrogens is 346 g/mol. The fourth-order valence-corrected chi connectivity index (χ4v) is 2.37. The number of aryl methyl sites for hydroxylation is 1. The molecule has 0 radical (unpaired) electrons. The highest BCUT2D eigenvalue weighted by molar-refractivity contribution is 5.92. The van der Waals surface area contributed by atoms with Gasteiger partial charge in [-0.15, -0.1) is 10.2 Å². The summed E-state index contributed by atoms with van der Waals surface area (Å²) in [6.07, 6.45) is 0.326. The first kappa shape index (κ1) is 18.3. The van der Waals surface area contributed by atoms with Crippen LogP contribution in [-0.2, 0) is 16.1 Å². The molecule has 2 aromatic carbocycles. The molecule has 138 valence electrons. The van der Waals surface area contributed by atoms with Crippen molar-refractivity contribution in [1.29, 1.82) is 0 Å². The van der Waals surface area contributed by atoms with Gasteiger partial charge in [-0.2, -0.15) is 0 Å². The number of nitrogens with one attached hydrogen (secondary N) is 1. The molecule has 0 spiro atoms. The zero-order chi connectivity index (χ0) is 19.2. The third-order valence-electron chi connectivity index (χ3n) is 3.97. The number of nitrogens with zero attached hydrogens (tertiary/aromatic N) is 2. The number of carbonyl (C=O) groups excluding carboxylic acids is 2. The Balaban J connectivity index is 1.53. The van der Waals surface area contributed by atoms with Gasteiger partial charge in [0.1, 0.15) is 0 Å². The highest BCUT2D eigenvalue weighted by atomic mass is 16.5. The molecule has 1 amide bonds. The summed E-state index contributed by atoms with van der Waals surface area (Å²) in [5, 5.41) is 10.2. The highest BCUT2D eigenvalue weighted by Crippen LogP contribution is 2.17. The van der Waals surface area contributed by atoms with Crippen molar-refractivity contribution in [2.24, 2.45) is 0 Å². The molecule has 0 fully saturated rings. The Hall–Kier alpha value is -3.48. The summed E-state index contributed by atoms with van der Waals surface area (Å²) in [5.74, 6) is -0.574. The number of hydrogen-bond acceptors (Lipinski definition) is 6. The second kappa shape index (κ2) is 8.27. The van der Waals surface area contributed by atoms with Gasteiger partial charge in [0, 0.05) is 12.1 Å². The first-order valence-electron chi connectivity index (χ1n) is 8.44. The lowest BCUT2D eigenvalue weighted by Gasteiger charge is -2.14. The molecule has 1 atom stereocenters. The van der Waals surface area contributed by atoms with Gasteiger partial charge in [-0.3, -0.25) is 4.79 Å². The average molecular weight is 365 g/mol. The summed E-state index contributed by atoms with van der Waals surface area (Å²) >= 11 is 0. The number of carbonyl (C=O) groups is 2. The first-order valence-corrected chi connectivity index (χ1v) is 8.44. The number of rotatable bonds is 6. The van der Waals surface area contributed by atoms with Crippen LogP contribution in [0.2, 0.25) is 0 Å². The van der Waals surface area contributed by atoms with Gasteiger partial charge in [-0.1, -0.05) is 29.8 Å². The quantitative estimate of drug-likeness (QED) is 0.675. The standard InChI is InChI=1S/C20H19N3O4/c1-13-3-5-15(6-4-13)11-21-18(24)14(2)27-20(25)17-9-7-16(8-10-17)19-23-22-12-26-19/h3-10,12,14H,11H2,1-2H3,(H,21,24)/t14-/m0/s1. The van der Waals surface area contributed by atoms with Gasteiger partial charge in [-0.05, 0) is 43.7 Å². The summed E-state index contributed by atoms with van der Waals surface area (Å²) in [5.41, 5.74) is 3.14. The van der Waals surface area contributed by atoms with E-state index in [0.29, 0.717) is 23.6 Å². The van der Waals surface area contributed by atoms with E-state index in [1.807, 2.05) is 31.2 Å². The number of aromatic nitrogens is 2. The molecule has 0 bridgehead atoms. The normalized spacial score (nSPS) is 11.6. The number of benzene rings is 2. The van der Waals surface area contributed by atoms with Crippen molar-refractivity contribution in [2.45, 2.75) is 26.5 Å². The Labute approximate surface area is 156 Å². The molecule has 0 aliphatic carbocycles. The summed E-state index contributed by atoms with van der Waals surface area (Å²) in [7, 11) is 0. The number of hydrogen-bond donors (Lipinski definition) is 1. The molecule has 27 heavy (non-hydrogen) atoms. The molecule has 1 N–H and O–H groups in total. The molecule has 0 aliphatic rings. The van der Waals surface area contributed by atoms with E-state index >= 15 is 0 Å². The van der Waals surface area contributed by atoms with E-state index in [1.54, 1.807) is 24.3 Å². The van der Waals surface area contributed by atoms with Crippen LogP contribution >= 0.6 is 0 Å². The molecule has 0 unspecified atom stereocenters. The third-order valence-corrected chi connectivity index (χ3v) is 3.97. The van der Waals surface area contributed by atoms with E-state index in [-0.39, 0.29) is 5.91 Å². The van der Waals surface area contributed by atoms with Crippen LogP contribution in [0.25, 0.3) is 11.5 Å². The predicted molar refractivity (Wildman–Crippen MR) is 97.6 cm³/mol. The van der Waals surface area contributed by atoms with Gasteiger partial charge >= 0.3 is 5.97 Å². The highest BCUT2D eigenvalue weighted by Gasteiger charge is 2.19. The summed E-state index contributed by atoms with van der Waals surface area (Å²) < 4.78 is 10.3. The van der Waals surface area contributed by atoms with Gasteiger partial charge in [0.25, 0.3) is 5.91 Å². The van der Waals surface area contributed by atoms with Crippen LogP contribution in [0.4, 0.5) is 0 Å². The zero-order valence-corrected chi connectivity index (χ0v) is 15.0. The second-order valence-electron chi connectivity index (χ2n) is 6.07. The van der Waals surface area contributed by atoms with Crippen LogP contribution in [0.15, 0.2) is 59.3 Å². The lowest BCUT2D eigenvalue weighted by Crippen LogP contribution is -2.35. The van der Waals surface area contributed by atoms with Crippen molar-refractivity contribution in [2.75, 3.05) is 0 Å². The van der Waals surface area contributed by atoms with Crippen LogP contribution in [0.3, 0.4) is 0 Å². The van der Waals surface area contributed by atoms with Crippen molar-refractivity contribution in [3.8, 4) is 11.5 Å². The van der Waals surface area contributed by atoms with Crippen LogP contribution in [-0.4, -0.2) is 28.2 Å². The topological polar surface area (TPSA) is 94.3 Å². The van der Waals surface area contributed by atoms with E-state index < -0.39 is 12.1 Å². The molecule has 1 aromatic heterocycles. The summed E-state index contributed by atoms with van der Waals surface area (Å²) in [6, 6.07) is 14.3. The van der Waals surface area contributed by atoms with E-state index in [4.69, 9.17) is 9.15 Å². The Morgan fingerprint density at radius 3 is 2.44 bits per heavy atom. The molecule has 7 heteroatoms. The van der Waals surface area contributed by atoms with Crippen LogP contribution in [0.5, 0.6) is 0 Å². The van der Waals surface area contributed by atoms with E-state index in [1.165, 1.54) is 13.3 Å². The minimum atomic E-state index is -0.904. The van der Waals surface area contributed by atoms with Crippen LogP contribution in [0, 0.1) is 6.92 Å². The fraction of sp³-hybridized carbons (Fsp3) is 0.200. The van der Waals surface area contributed by atoms with Gasteiger partial charge in [-0.25, -0.2) is 4.79 Å². The maximum absolute atomic E-state index is 12.2. The lowest BCUT2D eigenvalue weighted by molar-refractivity contribution is -0.129. The van der Waals surface area contributed by atoms with E-state index in [0.717, 1.165) is 11.1 Å². The van der Waals surface area contributed by atoms with E-state index in [9.17, 15) is 9.59 Å². The Morgan fingerprint density at radius 2 is 1.81 bits per heavy atom. The number of esters is 1. The van der Waals surface area contributed by atoms with Crippen LogP contribution < -0.4 is 5.32 Å². The minimum absolute atomic E-state index is 0.330. The summed E-state index contributed by atoms with van der Waals surface area (Å²) in [6.45, 7) is 3.91. The van der Waals surface area contributed by atoms with Gasteiger partial charge in [0.05, 0.1) is 5.56 Å². The molecule has 1 heterocycles. The lowest BCUT2D eigenvalue weighted by atomic mass is 10.1. The number of ether oxygens (including phenoxy) is 1. The Bertz CT molecular complexity index is 903. The predicted octanol–water partition coefficient (Wildman–Crippen LogP) is 2.91. The zero-order valence-electron chi connectivity index (χ0n) is 15.0. The number of amides is 1. The smallest absolute Gasteiger partial charge is 0.338 e. The third kappa shape index (κ3) is 4.78. The van der Waals surface area contributed by atoms with Crippen LogP contribution in [0.1, 0.15) is 28.4 Å². The molecule has 0 saturated heterocycles. The van der Waals surface area contributed by atoms with Crippen molar-refractivity contribution >= 4 is 11.9 Å². The molecule has 7 nitrogen and oxygen atoms in total.